The third kappa shape index (κ3) is 8.12. The van der Waals surface area contributed by atoms with Crippen molar-refractivity contribution in [3.8, 4) is 11.5 Å². The first kappa shape index (κ1) is 31.8. The van der Waals surface area contributed by atoms with E-state index >= 15 is 0 Å². The van der Waals surface area contributed by atoms with Crippen LogP contribution in [0.1, 0.15) is 23.0 Å². The van der Waals surface area contributed by atoms with Crippen LogP contribution in [0, 0.1) is 5.41 Å². The standard InChI is InChI=1S/C31H32Cl3NO8/c1-36-22-12-8-19(9-13-22)16-38-26-25-24(18-40-28(42-25)21-6-4-3-5-7-21)41-29(43-30(35)31(32,33)34)27(26)39-17-20-10-14-23(37-2)15-11-20/h3-15,24-29,35H,16-18H2,1-2H3/t24-,25+,26+,27-,28?,29-/m1/s1. The third-order valence-electron chi connectivity index (χ3n) is 7.05. The van der Waals surface area contributed by atoms with Crippen molar-refractivity contribution in [2.24, 2.45) is 0 Å². The Labute approximate surface area is 265 Å². The number of nitrogens with one attached hydrogen (secondary N) is 1. The molecule has 2 fully saturated rings. The van der Waals surface area contributed by atoms with Gasteiger partial charge in [-0.25, -0.2) is 0 Å². The van der Waals surface area contributed by atoms with Crippen molar-refractivity contribution < 1.29 is 37.9 Å². The number of methoxy groups -OCH3 is 2. The minimum absolute atomic E-state index is 0.164. The number of benzene rings is 3. The predicted molar refractivity (Wildman–Crippen MR) is 161 cm³/mol. The van der Waals surface area contributed by atoms with E-state index in [1.807, 2.05) is 78.9 Å². The molecule has 1 N–H and O–H groups in total. The molecule has 0 aromatic heterocycles. The van der Waals surface area contributed by atoms with Crippen molar-refractivity contribution in [3.63, 3.8) is 0 Å². The third-order valence-corrected chi connectivity index (χ3v) is 7.56. The maximum absolute atomic E-state index is 8.24. The topological polar surface area (TPSA) is 97.7 Å². The number of alkyl halides is 3. The lowest BCUT2D eigenvalue weighted by Gasteiger charge is -2.48. The van der Waals surface area contributed by atoms with Crippen LogP contribution in [0.2, 0.25) is 0 Å². The Morgan fingerprint density at radius 1 is 0.791 bits per heavy atom. The van der Waals surface area contributed by atoms with Gasteiger partial charge >= 0.3 is 0 Å². The summed E-state index contributed by atoms with van der Waals surface area (Å²) in [6.45, 7) is 0.547. The van der Waals surface area contributed by atoms with Crippen molar-refractivity contribution in [3.05, 3.63) is 95.6 Å². The van der Waals surface area contributed by atoms with Gasteiger partial charge < -0.3 is 37.9 Å². The number of halogens is 3. The highest BCUT2D eigenvalue weighted by atomic mass is 35.6. The minimum atomic E-state index is -2.11. The lowest BCUT2D eigenvalue weighted by Crippen LogP contribution is -2.64. The second-order valence-corrected chi connectivity index (χ2v) is 12.2. The van der Waals surface area contributed by atoms with Gasteiger partial charge in [0, 0.05) is 5.56 Å². The summed E-state index contributed by atoms with van der Waals surface area (Å²) in [5.41, 5.74) is 2.61. The van der Waals surface area contributed by atoms with Crippen molar-refractivity contribution in [1.29, 1.82) is 5.41 Å². The van der Waals surface area contributed by atoms with E-state index < -0.39 is 46.7 Å². The quantitative estimate of drug-likeness (QED) is 0.153. The molecule has 0 spiro atoms. The van der Waals surface area contributed by atoms with Crippen molar-refractivity contribution in [1.82, 2.24) is 0 Å². The molecule has 3 aromatic carbocycles. The predicted octanol–water partition coefficient (Wildman–Crippen LogP) is 6.38. The van der Waals surface area contributed by atoms with Crippen LogP contribution in [-0.4, -0.2) is 61.2 Å². The van der Waals surface area contributed by atoms with Gasteiger partial charge in [-0.1, -0.05) is 89.4 Å². The fourth-order valence-corrected chi connectivity index (χ4v) is 4.93. The van der Waals surface area contributed by atoms with Crippen LogP contribution >= 0.6 is 34.8 Å². The molecule has 2 saturated heterocycles. The molecule has 2 aliphatic rings. The summed E-state index contributed by atoms with van der Waals surface area (Å²) in [6, 6.07) is 24.6. The van der Waals surface area contributed by atoms with Crippen LogP contribution in [0.4, 0.5) is 0 Å². The second kappa shape index (κ2) is 14.5. The molecule has 0 saturated carbocycles. The van der Waals surface area contributed by atoms with E-state index in [0.29, 0.717) is 5.75 Å². The monoisotopic (exact) mass is 651 g/mol. The normalized spacial score (nSPS) is 25.4. The van der Waals surface area contributed by atoms with E-state index in [9.17, 15) is 0 Å². The molecule has 5 rings (SSSR count). The van der Waals surface area contributed by atoms with Gasteiger partial charge in [0.25, 0.3) is 3.79 Å². The van der Waals surface area contributed by atoms with E-state index in [4.69, 9.17) is 78.1 Å². The summed E-state index contributed by atoms with van der Waals surface area (Å²) >= 11 is 17.9. The lowest BCUT2D eigenvalue weighted by molar-refractivity contribution is -0.363. The number of hydrogen-bond donors (Lipinski definition) is 1. The minimum Gasteiger partial charge on any atom is -0.497 e. The molecule has 12 heteroatoms. The van der Waals surface area contributed by atoms with Crippen LogP contribution in [0.15, 0.2) is 78.9 Å². The van der Waals surface area contributed by atoms with E-state index in [1.54, 1.807) is 14.2 Å². The van der Waals surface area contributed by atoms with E-state index in [1.165, 1.54) is 0 Å². The highest BCUT2D eigenvalue weighted by molar-refractivity contribution is 6.76. The van der Waals surface area contributed by atoms with Gasteiger partial charge in [0.15, 0.2) is 6.29 Å². The van der Waals surface area contributed by atoms with Crippen LogP contribution in [0.25, 0.3) is 0 Å². The van der Waals surface area contributed by atoms with Crippen molar-refractivity contribution in [2.45, 2.75) is 54.0 Å². The molecule has 3 aromatic rings. The fourth-order valence-electron chi connectivity index (χ4n) is 4.80. The molecule has 0 radical (unpaired) electrons. The molecule has 2 aliphatic heterocycles. The van der Waals surface area contributed by atoms with Crippen LogP contribution in [0.5, 0.6) is 11.5 Å². The van der Waals surface area contributed by atoms with Gasteiger partial charge in [-0.3, -0.25) is 5.41 Å². The van der Waals surface area contributed by atoms with Crippen LogP contribution in [0.3, 0.4) is 0 Å². The van der Waals surface area contributed by atoms with Gasteiger partial charge in [0.2, 0.25) is 12.2 Å². The summed E-state index contributed by atoms with van der Waals surface area (Å²) in [7, 11) is 3.21. The first-order valence-corrected chi connectivity index (χ1v) is 14.7. The molecule has 2 heterocycles. The summed E-state index contributed by atoms with van der Waals surface area (Å²) in [5, 5.41) is 8.24. The first-order chi connectivity index (χ1) is 20.7. The molecular formula is C31H32Cl3NO8. The Morgan fingerprint density at radius 2 is 1.35 bits per heavy atom. The SMILES string of the molecule is COc1ccc(CO[C@H]2[C@H]3OC(c4ccccc4)OC[C@H]3O[C@H](OC(=N)C(Cl)(Cl)Cl)[C@@H]2OCc2ccc(OC)cc2)cc1. The van der Waals surface area contributed by atoms with Crippen LogP contribution < -0.4 is 9.47 Å². The van der Waals surface area contributed by atoms with E-state index in [2.05, 4.69) is 0 Å². The molecular weight excluding hydrogens is 621 g/mol. The number of fused-ring (bicyclic) bond motifs is 1. The van der Waals surface area contributed by atoms with Crippen molar-refractivity contribution >= 4 is 40.7 Å². The van der Waals surface area contributed by atoms with Gasteiger partial charge in [-0.05, 0) is 35.4 Å². The molecule has 0 amide bonds. The molecule has 6 atom stereocenters. The maximum atomic E-state index is 8.24. The number of ether oxygens (including phenoxy) is 8. The Morgan fingerprint density at radius 3 is 1.88 bits per heavy atom. The zero-order chi connectivity index (χ0) is 30.4. The zero-order valence-electron chi connectivity index (χ0n) is 23.5. The maximum Gasteiger partial charge on any atom is 0.265 e. The Bertz CT molecular complexity index is 1320. The molecule has 0 aliphatic carbocycles. The Kier molecular flexibility index (Phi) is 10.7. The van der Waals surface area contributed by atoms with Gasteiger partial charge in [0.1, 0.15) is 35.9 Å². The van der Waals surface area contributed by atoms with E-state index in [-0.39, 0.29) is 19.8 Å². The molecule has 1 unspecified atom stereocenters. The molecule has 0 bridgehead atoms. The Hall–Kier alpha value is -2.60. The number of hydrogen-bond acceptors (Lipinski definition) is 9. The molecule has 43 heavy (non-hydrogen) atoms. The summed E-state index contributed by atoms with van der Waals surface area (Å²) in [5.74, 6) is 0.827. The summed E-state index contributed by atoms with van der Waals surface area (Å²) < 4.78 is 45.9. The van der Waals surface area contributed by atoms with Crippen molar-refractivity contribution in [2.75, 3.05) is 20.8 Å². The number of rotatable bonds is 10. The average molecular weight is 653 g/mol. The highest BCUT2D eigenvalue weighted by Gasteiger charge is 2.53. The fraction of sp³-hybridized carbons (Fsp3) is 0.387. The van der Waals surface area contributed by atoms with Gasteiger partial charge in [-0.15, -0.1) is 0 Å². The Balaban J connectivity index is 1.44. The average Bonchev–Trinajstić information content (AvgIpc) is 3.03. The largest absolute Gasteiger partial charge is 0.497 e. The first-order valence-electron chi connectivity index (χ1n) is 13.5. The highest BCUT2D eigenvalue weighted by Crippen LogP contribution is 2.38. The molecule has 230 valence electrons. The smallest absolute Gasteiger partial charge is 0.265 e. The van der Waals surface area contributed by atoms with E-state index in [0.717, 1.165) is 22.4 Å². The second-order valence-electron chi connectivity index (χ2n) is 9.91. The summed E-state index contributed by atoms with van der Waals surface area (Å²) in [4.78, 5) is 0. The van der Waals surface area contributed by atoms with Gasteiger partial charge in [-0.2, -0.15) is 0 Å². The van der Waals surface area contributed by atoms with Gasteiger partial charge in [0.05, 0.1) is 34.0 Å². The summed E-state index contributed by atoms with van der Waals surface area (Å²) in [6.07, 6.45) is -4.72. The lowest BCUT2D eigenvalue weighted by atomic mass is 9.97. The molecule has 9 nitrogen and oxygen atoms in total. The van der Waals surface area contributed by atoms with Crippen LogP contribution in [-0.2, 0) is 41.6 Å². The zero-order valence-corrected chi connectivity index (χ0v) is 25.8.